The van der Waals surface area contributed by atoms with Gasteiger partial charge in [-0.1, -0.05) is 23.5 Å². The predicted octanol–water partition coefficient (Wildman–Crippen LogP) is 2.24. The standard InChI is InChI=1S/C16H31FNO7PS2/c1-15(2,10-19)12(21)27-8-6-24-26(23,14(17)18-5)25-7-9-28-13(22)16(3,4)11-20/h14,18-20H,6-11H2,1-5H3. The van der Waals surface area contributed by atoms with Crippen molar-refractivity contribution in [2.75, 3.05) is 45.0 Å². The Morgan fingerprint density at radius 2 is 1.36 bits per heavy atom. The highest BCUT2D eigenvalue weighted by atomic mass is 32.2. The van der Waals surface area contributed by atoms with Crippen LogP contribution in [0.4, 0.5) is 4.39 Å². The van der Waals surface area contributed by atoms with Gasteiger partial charge in [-0.2, -0.15) is 0 Å². The molecule has 0 aromatic heterocycles. The molecule has 8 nitrogen and oxygen atoms in total. The van der Waals surface area contributed by atoms with Crippen LogP contribution < -0.4 is 5.32 Å². The summed E-state index contributed by atoms with van der Waals surface area (Å²) in [5.41, 5.74) is -1.82. The summed E-state index contributed by atoms with van der Waals surface area (Å²) in [7, 11) is -2.89. The van der Waals surface area contributed by atoms with Gasteiger partial charge in [0.25, 0.3) is 6.04 Å². The highest BCUT2D eigenvalue weighted by molar-refractivity contribution is 8.14. The van der Waals surface area contributed by atoms with E-state index in [9.17, 15) is 18.5 Å². The monoisotopic (exact) mass is 463 g/mol. The van der Waals surface area contributed by atoms with Gasteiger partial charge in [-0.25, -0.2) is 4.39 Å². The van der Waals surface area contributed by atoms with Crippen molar-refractivity contribution < 1.29 is 37.8 Å². The zero-order chi connectivity index (χ0) is 22.0. The Labute approximate surface area is 174 Å². The number of hydrogen-bond acceptors (Lipinski definition) is 10. The molecule has 0 rings (SSSR count). The van der Waals surface area contributed by atoms with Gasteiger partial charge in [0.1, 0.15) is 0 Å². The molecule has 12 heteroatoms. The van der Waals surface area contributed by atoms with Gasteiger partial charge >= 0.3 is 7.60 Å². The third-order valence-corrected chi connectivity index (χ3v) is 7.86. The molecule has 1 atom stereocenters. The van der Waals surface area contributed by atoms with Gasteiger partial charge in [-0.05, 0) is 34.7 Å². The molecule has 0 radical (unpaired) electrons. The molecule has 1 unspecified atom stereocenters. The van der Waals surface area contributed by atoms with E-state index in [1.807, 2.05) is 0 Å². The Bertz CT molecular complexity index is 523. The Kier molecular flexibility index (Phi) is 12.6. The summed E-state index contributed by atoms with van der Waals surface area (Å²) in [5.74, 6) is 0.230. The maximum Gasteiger partial charge on any atom is 0.379 e. The molecule has 0 saturated heterocycles. The molecule has 28 heavy (non-hydrogen) atoms. The topological polar surface area (TPSA) is 122 Å². The van der Waals surface area contributed by atoms with E-state index in [0.29, 0.717) is 0 Å². The van der Waals surface area contributed by atoms with E-state index in [2.05, 4.69) is 5.32 Å². The summed E-state index contributed by atoms with van der Waals surface area (Å²) in [6.07, 6.45) is 0. The Balaban J connectivity index is 4.54. The Morgan fingerprint density at radius 1 is 1.00 bits per heavy atom. The number of aliphatic hydroxyl groups is 2. The third kappa shape index (κ3) is 9.21. The number of hydrogen-bond donors (Lipinski definition) is 3. The van der Waals surface area contributed by atoms with E-state index in [4.69, 9.17) is 19.3 Å². The van der Waals surface area contributed by atoms with Crippen LogP contribution in [0.5, 0.6) is 0 Å². The maximum absolute atomic E-state index is 14.0. The average molecular weight is 464 g/mol. The fourth-order valence-electron chi connectivity index (χ4n) is 1.44. The van der Waals surface area contributed by atoms with E-state index >= 15 is 0 Å². The number of carbonyl (C=O) groups excluding carboxylic acids is 2. The van der Waals surface area contributed by atoms with E-state index in [1.54, 1.807) is 27.7 Å². The lowest BCUT2D eigenvalue weighted by Gasteiger charge is -2.22. The van der Waals surface area contributed by atoms with Crippen LogP contribution in [-0.2, 0) is 23.2 Å². The fraction of sp³-hybridized carbons (Fsp3) is 0.875. The van der Waals surface area contributed by atoms with Crippen molar-refractivity contribution in [3.05, 3.63) is 0 Å². The second-order valence-corrected chi connectivity index (χ2v) is 11.4. The highest BCUT2D eigenvalue weighted by Gasteiger charge is 2.36. The van der Waals surface area contributed by atoms with Crippen LogP contribution in [0.2, 0.25) is 0 Å². The molecule has 0 bridgehead atoms. The zero-order valence-electron chi connectivity index (χ0n) is 16.9. The van der Waals surface area contributed by atoms with Gasteiger partial charge in [0.15, 0.2) is 10.2 Å². The SMILES string of the molecule is CNC(F)P(=O)(OCCSC(=O)C(C)(C)CO)OCCSC(=O)C(C)(C)CO. The molecule has 0 amide bonds. The number of alkyl halides is 1. The highest BCUT2D eigenvalue weighted by Crippen LogP contribution is 2.52. The average Bonchev–Trinajstić information content (AvgIpc) is 2.67. The lowest BCUT2D eigenvalue weighted by Crippen LogP contribution is -2.27. The minimum absolute atomic E-state index is 0.115. The fourth-order valence-corrected chi connectivity index (χ4v) is 4.65. The van der Waals surface area contributed by atoms with Crippen molar-refractivity contribution in [3.63, 3.8) is 0 Å². The number of aliphatic hydroxyl groups excluding tert-OH is 2. The van der Waals surface area contributed by atoms with Crippen molar-refractivity contribution in [1.82, 2.24) is 5.32 Å². The second-order valence-electron chi connectivity index (χ2n) is 7.19. The first-order valence-corrected chi connectivity index (χ1v) is 12.2. The molecular weight excluding hydrogens is 432 g/mol. The summed E-state index contributed by atoms with van der Waals surface area (Å²) in [6.45, 7) is 5.36. The molecule has 0 spiro atoms. The van der Waals surface area contributed by atoms with Crippen LogP contribution in [0.3, 0.4) is 0 Å². The molecule has 0 aromatic carbocycles. The number of thioether (sulfide) groups is 2. The first kappa shape index (κ1) is 28.0. The summed E-state index contributed by atoms with van der Waals surface area (Å²) in [4.78, 5) is 23.8. The molecule has 0 heterocycles. The van der Waals surface area contributed by atoms with Gasteiger partial charge < -0.3 is 19.3 Å². The first-order valence-electron chi connectivity index (χ1n) is 8.62. The van der Waals surface area contributed by atoms with E-state index in [0.717, 1.165) is 23.5 Å². The van der Waals surface area contributed by atoms with Crippen LogP contribution in [0.1, 0.15) is 27.7 Å². The van der Waals surface area contributed by atoms with E-state index in [-0.39, 0.29) is 48.2 Å². The van der Waals surface area contributed by atoms with Crippen molar-refractivity contribution in [1.29, 1.82) is 0 Å². The largest absolute Gasteiger partial charge is 0.395 e. The summed E-state index contributed by atoms with van der Waals surface area (Å²) >= 11 is 1.78. The van der Waals surface area contributed by atoms with E-state index in [1.165, 1.54) is 7.05 Å². The van der Waals surface area contributed by atoms with Crippen molar-refractivity contribution in [2.24, 2.45) is 10.8 Å². The molecular formula is C16H31FNO7PS2. The predicted molar refractivity (Wildman–Crippen MR) is 110 cm³/mol. The summed E-state index contributed by atoms with van der Waals surface area (Å²) in [5, 5.41) is 20.0. The summed E-state index contributed by atoms with van der Waals surface area (Å²) < 4.78 is 36.8. The van der Waals surface area contributed by atoms with Gasteiger partial charge in [0.05, 0.1) is 37.3 Å². The molecule has 0 aliphatic heterocycles. The Hall–Kier alpha value is -0.000000000000000132. The smallest absolute Gasteiger partial charge is 0.379 e. The molecule has 166 valence electrons. The molecule has 0 aliphatic carbocycles. The van der Waals surface area contributed by atoms with Gasteiger partial charge in [0, 0.05) is 11.5 Å². The first-order chi connectivity index (χ1) is 12.9. The quantitative estimate of drug-likeness (QED) is 0.201. The van der Waals surface area contributed by atoms with Crippen LogP contribution in [0.25, 0.3) is 0 Å². The summed E-state index contributed by atoms with van der Waals surface area (Å²) in [6, 6.07) is -2.06. The Morgan fingerprint density at radius 3 is 1.64 bits per heavy atom. The van der Waals surface area contributed by atoms with Crippen molar-refractivity contribution >= 4 is 41.4 Å². The van der Waals surface area contributed by atoms with E-state index < -0.39 is 24.5 Å². The third-order valence-electron chi connectivity index (χ3n) is 3.59. The minimum atomic E-state index is -4.15. The lowest BCUT2D eigenvalue weighted by atomic mass is 9.97. The molecule has 0 saturated carbocycles. The number of halogens is 1. The lowest BCUT2D eigenvalue weighted by molar-refractivity contribution is -0.120. The van der Waals surface area contributed by atoms with Gasteiger partial charge in [0.2, 0.25) is 0 Å². The number of nitrogens with one attached hydrogen (secondary N) is 1. The van der Waals surface area contributed by atoms with Crippen LogP contribution in [0.15, 0.2) is 0 Å². The van der Waals surface area contributed by atoms with Crippen LogP contribution >= 0.6 is 31.1 Å². The maximum atomic E-state index is 14.0. The molecule has 0 aromatic rings. The minimum Gasteiger partial charge on any atom is -0.395 e. The van der Waals surface area contributed by atoms with Gasteiger partial charge in [-0.3, -0.25) is 19.5 Å². The van der Waals surface area contributed by atoms with Crippen molar-refractivity contribution in [2.45, 2.75) is 33.7 Å². The molecule has 3 N–H and O–H groups in total. The molecule has 0 aliphatic rings. The number of carbonyl (C=O) groups is 2. The van der Waals surface area contributed by atoms with Crippen LogP contribution in [0, 0.1) is 10.8 Å². The van der Waals surface area contributed by atoms with Gasteiger partial charge in [-0.15, -0.1) is 0 Å². The van der Waals surface area contributed by atoms with Crippen molar-refractivity contribution in [3.8, 4) is 0 Å². The zero-order valence-corrected chi connectivity index (χ0v) is 19.4. The van der Waals surface area contributed by atoms with Crippen LogP contribution in [-0.4, -0.2) is 71.5 Å². The molecule has 0 fully saturated rings. The number of rotatable bonds is 14. The normalized spacial score (nSPS) is 14.1. The second kappa shape index (κ2) is 12.6.